The molecule has 0 amide bonds. The molecule has 7 nitrogen and oxygen atoms in total. The first-order valence-corrected chi connectivity index (χ1v) is 6.80. The van der Waals surface area contributed by atoms with Crippen LogP contribution in [0.15, 0.2) is 23.4 Å². The van der Waals surface area contributed by atoms with Crippen LogP contribution in [0.1, 0.15) is 12.5 Å². The lowest BCUT2D eigenvalue weighted by Gasteiger charge is -2.12. The number of nitrogens with one attached hydrogen (secondary N) is 2. The third-order valence-electron chi connectivity index (χ3n) is 1.94. The van der Waals surface area contributed by atoms with Gasteiger partial charge in [0.2, 0.25) is 0 Å². The summed E-state index contributed by atoms with van der Waals surface area (Å²) >= 11 is 5.77. The van der Waals surface area contributed by atoms with Gasteiger partial charge in [-0.2, -0.15) is 13.1 Å². The average Bonchev–Trinajstić information content (AvgIpc) is 2.27. The van der Waals surface area contributed by atoms with Crippen LogP contribution in [-0.2, 0) is 10.2 Å². The Morgan fingerprint density at radius 3 is 2.78 bits per heavy atom. The Bertz CT molecular complexity index is 559. The van der Waals surface area contributed by atoms with E-state index in [1.807, 2.05) is 0 Å². The lowest BCUT2D eigenvalue weighted by molar-refractivity contribution is 0.318. The number of benzene rings is 1. The summed E-state index contributed by atoms with van der Waals surface area (Å²) in [5, 5.41) is 11.8. The number of hydrogen-bond acceptors (Lipinski definition) is 4. The maximum absolute atomic E-state index is 11.6. The summed E-state index contributed by atoms with van der Waals surface area (Å²) in [6.45, 7) is 1.87. The van der Waals surface area contributed by atoms with Gasteiger partial charge in [-0.25, -0.2) is 0 Å². The van der Waals surface area contributed by atoms with Crippen LogP contribution in [0.4, 0.5) is 5.69 Å². The molecule has 1 aromatic carbocycles. The molecular formula is C9H13ClN4O3S. The van der Waals surface area contributed by atoms with Crippen molar-refractivity contribution in [2.45, 2.75) is 6.92 Å². The lowest BCUT2D eigenvalue weighted by atomic mass is 10.1. The highest BCUT2D eigenvalue weighted by Gasteiger charge is 2.14. The van der Waals surface area contributed by atoms with Crippen LogP contribution in [0.5, 0.6) is 0 Å². The molecule has 9 heteroatoms. The van der Waals surface area contributed by atoms with E-state index in [2.05, 4.69) is 14.6 Å². The average molecular weight is 293 g/mol. The normalized spacial score (nSPS) is 12.4. The zero-order chi connectivity index (χ0) is 13.8. The number of hydrogen-bond donors (Lipinski definition) is 4. The van der Waals surface area contributed by atoms with Crippen LogP contribution in [0.3, 0.4) is 0 Å². The van der Waals surface area contributed by atoms with Crippen LogP contribution < -0.4 is 15.2 Å². The Labute approximate surface area is 110 Å². The number of oxime groups is 1. The molecule has 18 heavy (non-hydrogen) atoms. The molecule has 0 saturated carbocycles. The number of amidine groups is 1. The zero-order valence-electron chi connectivity index (χ0n) is 9.51. The third-order valence-corrected chi connectivity index (χ3v) is 3.34. The van der Waals surface area contributed by atoms with Crippen molar-refractivity contribution in [3.63, 3.8) is 0 Å². The molecule has 0 aliphatic carbocycles. The fourth-order valence-electron chi connectivity index (χ4n) is 1.25. The molecule has 1 aromatic rings. The molecule has 0 aromatic heterocycles. The summed E-state index contributed by atoms with van der Waals surface area (Å²) in [7, 11) is -3.72. The molecule has 0 heterocycles. The van der Waals surface area contributed by atoms with Gasteiger partial charge in [0, 0.05) is 17.1 Å². The van der Waals surface area contributed by atoms with Gasteiger partial charge in [0.05, 0.1) is 5.69 Å². The topological polar surface area (TPSA) is 117 Å². The summed E-state index contributed by atoms with van der Waals surface area (Å²) in [5.74, 6) is -0.221. The first-order valence-electron chi connectivity index (χ1n) is 4.94. The highest BCUT2D eigenvalue weighted by atomic mass is 35.5. The van der Waals surface area contributed by atoms with Gasteiger partial charge in [-0.05, 0) is 18.2 Å². The Kier molecular flexibility index (Phi) is 4.76. The predicted molar refractivity (Wildman–Crippen MR) is 70.2 cm³/mol. The van der Waals surface area contributed by atoms with Gasteiger partial charge in [0.25, 0.3) is 10.2 Å². The summed E-state index contributed by atoms with van der Waals surface area (Å²) in [4.78, 5) is 0. The lowest BCUT2D eigenvalue weighted by Crippen LogP contribution is -2.30. The zero-order valence-corrected chi connectivity index (χ0v) is 11.1. The van der Waals surface area contributed by atoms with Gasteiger partial charge in [-0.1, -0.05) is 23.7 Å². The molecule has 1 rings (SSSR count). The van der Waals surface area contributed by atoms with E-state index in [0.29, 0.717) is 5.02 Å². The first kappa shape index (κ1) is 14.6. The second kappa shape index (κ2) is 5.89. The second-order valence-corrected chi connectivity index (χ2v) is 5.21. The largest absolute Gasteiger partial charge is 0.409 e. The minimum Gasteiger partial charge on any atom is -0.409 e. The van der Waals surface area contributed by atoms with Crippen molar-refractivity contribution in [2.24, 2.45) is 10.9 Å². The van der Waals surface area contributed by atoms with Crippen LogP contribution in [0.25, 0.3) is 0 Å². The van der Waals surface area contributed by atoms with Crippen LogP contribution in [0, 0.1) is 0 Å². The Morgan fingerprint density at radius 2 is 2.22 bits per heavy atom. The second-order valence-electron chi connectivity index (χ2n) is 3.28. The standard InChI is InChI=1S/C9H13ClN4O3S/c1-2-12-18(16,17)14-8-5-6(10)3-4-7(8)9(11)13-15/h3-5,12,14-15H,2H2,1H3,(H2,11,13). The maximum Gasteiger partial charge on any atom is 0.299 e. The number of nitrogens with two attached hydrogens (primary N) is 1. The molecule has 0 fully saturated rings. The van der Waals surface area contributed by atoms with Crippen molar-refractivity contribution in [3.05, 3.63) is 28.8 Å². The molecule has 0 radical (unpaired) electrons. The number of nitrogens with zero attached hydrogens (tertiary/aromatic N) is 1. The fraction of sp³-hybridized carbons (Fsp3) is 0.222. The van der Waals surface area contributed by atoms with Crippen LogP contribution in [0.2, 0.25) is 5.02 Å². The number of anilines is 1. The van der Waals surface area contributed by atoms with E-state index in [0.717, 1.165) is 0 Å². The Hall–Kier alpha value is -1.51. The summed E-state index contributed by atoms with van der Waals surface area (Å²) < 4.78 is 27.6. The molecule has 0 aliphatic heterocycles. The number of halogens is 1. The van der Waals surface area contributed by atoms with Gasteiger partial charge < -0.3 is 10.9 Å². The van der Waals surface area contributed by atoms with E-state index >= 15 is 0 Å². The molecule has 0 unspecified atom stereocenters. The quantitative estimate of drug-likeness (QED) is 0.276. The van der Waals surface area contributed by atoms with Gasteiger partial charge in [-0.3, -0.25) is 4.72 Å². The van der Waals surface area contributed by atoms with Gasteiger partial charge in [0.15, 0.2) is 5.84 Å². The van der Waals surface area contributed by atoms with Crippen molar-refractivity contribution in [1.82, 2.24) is 4.72 Å². The highest BCUT2D eigenvalue weighted by Crippen LogP contribution is 2.21. The summed E-state index contributed by atoms with van der Waals surface area (Å²) in [5.41, 5.74) is 5.79. The first-order chi connectivity index (χ1) is 8.39. The van der Waals surface area contributed by atoms with Crippen molar-refractivity contribution in [1.29, 1.82) is 0 Å². The SMILES string of the molecule is CCNS(=O)(=O)Nc1cc(Cl)ccc1/C(N)=N/O. The molecule has 100 valence electrons. The Morgan fingerprint density at radius 1 is 1.56 bits per heavy atom. The van der Waals surface area contributed by atoms with E-state index in [1.165, 1.54) is 18.2 Å². The van der Waals surface area contributed by atoms with Crippen LogP contribution in [-0.4, -0.2) is 26.0 Å². The highest BCUT2D eigenvalue weighted by molar-refractivity contribution is 7.90. The number of rotatable bonds is 5. The molecule has 0 atom stereocenters. The van der Waals surface area contributed by atoms with E-state index < -0.39 is 10.2 Å². The van der Waals surface area contributed by atoms with Gasteiger partial charge >= 0.3 is 0 Å². The fourth-order valence-corrected chi connectivity index (χ4v) is 2.33. The Balaban J connectivity index is 3.19. The monoisotopic (exact) mass is 292 g/mol. The maximum atomic E-state index is 11.6. The van der Waals surface area contributed by atoms with E-state index in [1.54, 1.807) is 6.92 Å². The van der Waals surface area contributed by atoms with Gasteiger partial charge in [0.1, 0.15) is 0 Å². The van der Waals surface area contributed by atoms with E-state index in [-0.39, 0.29) is 23.6 Å². The van der Waals surface area contributed by atoms with E-state index in [9.17, 15) is 8.42 Å². The molecule has 0 spiro atoms. The van der Waals surface area contributed by atoms with Crippen molar-refractivity contribution in [3.8, 4) is 0 Å². The molecular weight excluding hydrogens is 280 g/mol. The van der Waals surface area contributed by atoms with Crippen molar-refractivity contribution >= 4 is 33.3 Å². The van der Waals surface area contributed by atoms with E-state index in [4.69, 9.17) is 22.5 Å². The molecule has 0 aliphatic rings. The smallest absolute Gasteiger partial charge is 0.299 e. The molecule has 0 saturated heterocycles. The molecule has 5 N–H and O–H groups in total. The molecule has 0 bridgehead atoms. The predicted octanol–water partition coefficient (Wildman–Crippen LogP) is 0.701. The minimum absolute atomic E-state index is 0.124. The van der Waals surface area contributed by atoms with Crippen molar-refractivity contribution in [2.75, 3.05) is 11.3 Å². The van der Waals surface area contributed by atoms with Gasteiger partial charge in [-0.15, -0.1) is 0 Å². The summed E-state index contributed by atoms with van der Waals surface area (Å²) in [6, 6.07) is 4.31. The summed E-state index contributed by atoms with van der Waals surface area (Å²) in [6.07, 6.45) is 0. The minimum atomic E-state index is -3.72. The van der Waals surface area contributed by atoms with Crippen LogP contribution >= 0.6 is 11.6 Å². The van der Waals surface area contributed by atoms with Crippen molar-refractivity contribution < 1.29 is 13.6 Å². The third kappa shape index (κ3) is 3.76.